The van der Waals surface area contributed by atoms with Gasteiger partial charge in [-0.2, -0.15) is 4.52 Å². The molecule has 0 bridgehead atoms. The molecule has 1 unspecified atom stereocenters. The van der Waals surface area contributed by atoms with Gasteiger partial charge >= 0.3 is 5.97 Å². The van der Waals surface area contributed by atoms with E-state index in [4.69, 9.17) is 14.7 Å². The van der Waals surface area contributed by atoms with Crippen LogP contribution in [0.15, 0.2) is 47.8 Å². The van der Waals surface area contributed by atoms with Crippen LogP contribution in [-0.4, -0.2) is 67.6 Å². The molecular formula is C23H23N7O5. The highest BCUT2D eigenvalue weighted by Crippen LogP contribution is 2.28. The van der Waals surface area contributed by atoms with E-state index in [0.717, 1.165) is 17.1 Å². The van der Waals surface area contributed by atoms with Gasteiger partial charge < -0.3 is 20.0 Å². The average Bonchev–Trinajstić information content (AvgIpc) is 3.49. The van der Waals surface area contributed by atoms with Crippen LogP contribution in [0, 0.1) is 0 Å². The molecule has 5 rings (SSSR count). The minimum absolute atomic E-state index is 0.00561. The molecule has 0 fully saturated rings. The summed E-state index contributed by atoms with van der Waals surface area (Å²) in [5.41, 5.74) is 2.53. The van der Waals surface area contributed by atoms with Crippen molar-refractivity contribution in [3.8, 4) is 5.88 Å². The Bertz CT molecular complexity index is 1380. The van der Waals surface area contributed by atoms with Gasteiger partial charge in [0.05, 0.1) is 12.2 Å². The van der Waals surface area contributed by atoms with Gasteiger partial charge in [-0.3, -0.25) is 14.6 Å². The van der Waals surface area contributed by atoms with Crippen molar-refractivity contribution in [3.63, 3.8) is 0 Å². The van der Waals surface area contributed by atoms with Gasteiger partial charge in [-0.25, -0.2) is 0 Å². The number of hydrogen-bond donors (Lipinski definition) is 2. The van der Waals surface area contributed by atoms with Gasteiger partial charge in [-0.15, -0.1) is 15.3 Å². The number of carboxylic acid groups (broad SMARTS) is 1. The Kier molecular flexibility index (Phi) is 7.21. The summed E-state index contributed by atoms with van der Waals surface area (Å²) >= 11 is 0. The molecule has 12 nitrogen and oxygen atoms in total. The molecule has 180 valence electrons. The average molecular weight is 477 g/mol. The second kappa shape index (κ2) is 10.7. The van der Waals surface area contributed by atoms with Gasteiger partial charge in [0.1, 0.15) is 18.4 Å². The van der Waals surface area contributed by atoms with Crippen LogP contribution in [0.1, 0.15) is 35.2 Å². The fraction of sp³-hybridized carbons (Fsp3) is 0.261. The summed E-state index contributed by atoms with van der Waals surface area (Å²) < 4.78 is 7.63. The first-order valence-electron chi connectivity index (χ1n) is 10.8. The van der Waals surface area contributed by atoms with Crippen molar-refractivity contribution in [2.45, 2.75) is 26.1 Å². The highest BCUT2D eigenvalue weighted by Gasteiger charge is 2.24. The molecule has 0 saturated carbocycles. The maximum absolute atomic E-state index is 10.8. The molecule has 12 heteroatoms. The largest absolute Gasteiger partial charge is 0.480 e. The summed E-state index contributed by atoms with van der Waals surface area (Å²) in [6.45, 7) is 2.19. The van der Waals surface area contributed by atoms with E-state index in [1.54, 1.807) is 23.7 Å². The predicted molar refractivity (Wildman–Crippen MR) is 126 cm³/mol. The van der Waals surface area contributed by atoms with E-state index >= 15 is 0 Å². The molecular weight excluding hydrogens is 454 g/mol. The highest BCUT2D eigenvalue weighted by molar-refractivity contribution is 6.01. The van der Waals surface area contributed by atoms with Gasteiger partial charge in [-0.05, 0) is 32.2 Å². The van der Waals surface area contributed by atoms with Crippen LogP contribution in [0.5, 0.6) is 5.88 Å². The van der Waals surface area contributed by atoms with E-state index < -0.39 is 5.97 Å². The number of nitrogens with one attached hydrogen (secondary N) is 1. The number of aromatic nitrogens is 5. The van der Waals surface area contributed by atoms with Gasteiger partial charge in [0.25, 0.3) is 0 Å². The summed E-state index contributed by atoms with van der Waals surface area (Å²) in [5.74, 6) is 0.147. The van der Waals surface area contributed by atoms with E-state index in [0.29, 0.717) is 40.7 Å². The fourth-order valence-electron chi connectivity index (χ4n) is 3.36. The molecule has 1 atom stereocenters. The third kappa shape index (κ3) is 5.38. The Morgan fingerprint density at radius 1 is 1.26 bits per heavy atom. The smallest absolute Gasteiger partial charge is 0.317 e. The molecule has 0 spiro atoms. The molecule has 1 aromatic carbocycles. The van der Waals surface area contributed by atoms with E-state index in [1.165, 1.54) is 6.20 Å². The first kappa shape index (κ1) is 23.7. The molecule has 35 heavy (non-hydrogen) atoms. The third-order valence-corrected chi connectivity index (χ3v) is 4.98. The monoisotopic (exact) mass is 477 g/mol. The topological polar surface area (TPSA) is 153 Å². The number of oxime groups is 1. The number of nitrogens with zero attached hydrogens (tertiary/aromatic N) is 6. The number of rotatable bonds is 7. The lowest BCUT2D eigenvalue weighted by Crippen LogP contribution is -2.16. The SMILES string of the molecule is CC1CC(c2nnc3c4ccccc4c(OCc4ccc(C=O)cn4)nn23)=NO1.CNCC(=O)O. The zero-order chi connectivity index (χ0) is 24.8. The Hall–Kier alpha value is -4.45. The number of carbonyl (C=O) groups excluding carboxylic acids is 1. The number of likely N-dealkylation sites (N-methyl/N-ethyl adjacent to an activating group) is 1. The molecule has 4 heterocycles. The maximum Gasteiger partial charge on any atom is 0.317 e. The molecule has 3 aromatic heterocycles. The number of aldehydes is 1. The van der Waals surface area contributed by atoms with Crippen LogP contribution in [0.25, 0.3) is 16.4 Å². The van der Waals surface area contributed by atoms with Crippen molar-refractivity contribution in [3.05, 3.63) is 59.7 Å². The standard InChI is InChI=1S/C20H16N6O3.C3H7NO2/c1-12-8-17(25-29-12)19-23-22-18-15-4-2-3-5-16(15)20(24-26(18)19)28-11-14-7-6-13(10-27)9-21-14;1-4-2-3(5)6/h2-7,9-10,12H,8,11H2,1H3;4H,2H2,1H3,(H,5,6). The Balaban J connectivity index is 0.000000431. The van der Waals surface area contributed by atoms with E-state index in [9.17, 15) is 9.59 Å². The third-order valence-electron chi connectivity index (χ3n) is 4.98. The zero-order valence-corrected chi connectivity index (χ0v) is 19.1. The summed E-state index contributed by atoms with van der Waals surface area (Å²) in [5, 5.41) is 29.3. The lowest BCUT2D eigenvalue weighted by molar-refractivity contribution is -0.135. The van der Waals surface area contributed by atoms with Crippen molar-refractivity contribution >= 4 is 34.4 Å². The Morgan fingerprint density at radius 2 is 2.06 bits per heavy atom. The summed E-state index contributed by atoms with van der Waals surface area (Å²) in [6, 6.07) is 11.2. The minimum atomic E-state index is -0.822. The second-order valence-electron chi connectivity index (χ2n) is 7.68. The Morgan fingerprint density at radius 3 is 2.66 bits per heavy atom. The number of hydrogen-bond acceptors (Lipinski definition) is 10. The van der Waals surface area contributed by atoms with Crippen LogP contribution in [-0.2, 0) is 16.2 Å². The van der Waals surface area contributed by atoms with Crippen molar-refractivity contribution in [1.29, 1.82) is 0 Å². The summed E-state index contributed by atoms with van der Waals surface area (Å²) in [4.78, 5) is 29.9. The van der Waals surface area contributed by atoms with Crippen LogP contribution >= 0.6 is 0 Å². The van der Waals surface area contributed by atoms with Crippen LogP contribution in [0.4, 0.5) is 0 Å². The number of aliphatic carboxylic acids is 1. The zero-order valence-electron chi connectivity index (χ0n) is 19.1. The van der Waals surface area contributed by atoms with Crippen molar-refractivity contribution in [2.24, 2.45) is 5.16 Å². The fourth-order valence-corrected chi connectivity index (χ4v) is 3.36. The summed E-state index contributed by atoms with van der Waals surface area (Å²) in [7, 11) is 1.59. The number of benzene rings is 1. The number of fused-ring (bicyclic) bond motifs is 3. The van der Waals surface area contributed by atoms with Crippen molar-refractivity contribution in [1.82, 2.24) is 30.1 Å². The molecule has 4 aromatic rings. The number of pyridine rings is 1. The molecule has 0 radical (unpaired) electrons. The molecule has 1 aliphatic heterocycles. The first-order chi connectivity index (χ1) is 17.0. The van der Waals surface area contributed by atoms with Gasteiger partial charge in [0.2, 0.25) is 11.7 Å². The molecule has 0 aliphatic carbocycles. The van der Waals surface area contributed by atoms with Crippen molar-refractivity contribution in [2.75, 3.05) is 13.6 Å². The van der Waals surface area contributed by atoms with Crippen LogP contribution in [0.2, 0.25) is 0 Å². The Labute approximate surface area is 199 Å². The second-order valence-corrected chi connectivity index (χ2v) is 7.68. The predicted octanol–water partition coefficient (Wildman–Crippen LogP) is 1.87. The molecule has 0 amide bonds. The minimum Gasteiger partial charge on any atom is -0.480 e. The lowest BCUT2D eigenvalue weighted by atomic mass is 10.2. The number of carboxylic acids is 1. The van der Waals surface area contributed by atoms with Crippen LogP contribution < -0.4 is 10.1 Å². The maximum atomic E-state index is 10.8. The first-order valence-corrected chi connectivity index (χ1v) is 10.8. The van der Waals surface area contributed by atoms with Gasteiger partial charge in [-0.1, -0.05) is 23.4 Å². The van der Waals surface area contributed by atoms with Gasteiger partial charge in [0.15, 0.2) is 11.9 Å². The van der Waals surface area contributed by atoms with Crippen LogP contribution in [0.3, 0.4) is 0 Å². The van der Waals surface area contributed by atoms with E-state index in [-0.39, 0.29) is 19.3 Å². The highest BCUT2D eigenvalue weighted by atomic mass is 16.6. The number of ether oxygens (including phenoxy) is 1. The quantitative estimate of drug-likeness (QED) is 0.377. The molecule has 1 aliphatic rings. The number of carbonyl (C=O) groups is 2. The molecule has 2 N–H and O–H groups in total. The normalized spacial score (nSPS) is 14.7. The van der Waals surface area contributed by atoms with Crippen molar-refractivity contribution < 1.29 is 24.3 Å². The lowest BCUT2D eigenvalue weighted by Gasteiger charge is -2.09. The molecule has 0 saturated heterocycles. The van der Waals surface area contributed by atoms with E-state index in [2.05, 4.69) is 30.8 Å². The van der Waals surface area contributed by atoms with Gasteiger partial charge in [0, 0.05) is 29.0 Å². The summed E-state index contributed by atoms with van der Waals surface area (Å²) in [6.07, 6.45) is 2.90. The van der Waals surface area contributed by atoms with E-state index in [1.807, 2.05) is 31.2 Å².